The number of hydrogen-bond donors (Lipinski definition) is 2. The number of carboxylic acid groups (broad SMARTS) is 1. The fourth-order valence-electron chi connectivity index (χ4n) is 1.28. The number of nitrogens with one attached hydrogen (secondary N) is 1. The lowest BCUT2D eigenvalue weighted by molar-refractivity contribution is -0.137. The third kappa shape index (κ3) is 3.94. The summed E-state index contributed by atoms with van der Waals surface area (Å²) >= 11 is 0. The van der Waals surface area contributed by atoms with Crippen LogP contribution in [0.2, 0.25) is 0 Å². The molecule has 0 bridgehead atoms. The zero-order valence-corrected chi connectivity index (χ0v) is 8.84. The Labute approximate surface area is 92.1 Å². The fourth-order valence-corrected chi connectivity index (χ4v) is 1.28. The van der Waals surface area contributed by atoms with Crippen LogP contribution in [0.5, 0.6) is 0 Å². The van der Waals surface area contributed by atoms with Gasteiger partial charge in [0.25, 0.3) is 0 Å². The highest BCUT2D eigenvalue weighted by molar-refractivity contribution is 5.67. The Balaban J connectivity index is 2.51. The minimum Gasteiger partial charge on any atom is -0.481 e. The Hall–Kier alpha value is -1.49. The number of carbonyl (C=O) groups is 1. The summed E-state index contributed by atoms with van der Waals surface area (Å²) in [7, 11) is 0. The van der Waals surface area contributed by atoms with Crippen molar-refractivity contribution >= 4 is 5.97 Å². The molecule has 3 nitrogen and oxygen atoms in total. The zero-order chi connectivity index (χ0) is 12.1. The molecule has 1 atom stereocenters. The molecular weight excluding hydrogens is 216 g/mol. The summed E-state index contributed by atoms with van der Waals surface area (Å²) in [6, 6.07) is 3.05. The van der Waals surface area contributed by atoms with E-state index in [1.807, 2.05) is 0 Å². The Kier molecular flexibility index (Phi) is 4.37. The second-order valence-corrected chi connectivity index (χ2v) is 3.62. The second-order valence-electron chi connectivity index (χ2n) is 3.62. The van der Waals surface area contributed by atoms with E-state index in [1.165, 1.54) is 12.1 Å². The average Bonchev–Trinajstić information content (AvgIpc) is 2.15. The maximum Gasteiger partial charge on any atom is 0.304 e. The Morgan fingerprint density at radius 2 is 2.19 bits per heavy atom. The van der Waals surface area contributed by atoms with Crippen LogP contribution in [0, 0.1) is 11.6 Å². The van der Waals surface area contributed by atoms with Gasteiger partial charge in [-0.1, -0.05) is 6.07 Å². The van der Waals surface area contributed by atoms with Crippen LogP contribution in [0.1, 0.15) is 18.9 Å². The molecule has 1 rings (SSSR count). The topological polar surface area (TPSA) is 49.3 Å². The van der Waals surface area contributed by atoms with E-state index in [0.717, 1.165) is 6.07 Å². The van der Waals surface area contributed by atoms with E-state index in [0.29, 0.717) is 5.56 Å². The van der Waals surface area contributed by atoms with Gasteiger partial charge in [0.1, 0.15) is 11.6 Å². The van der Waals surface area contributed by atoms with Gasteiger partial charge >= 0.3 is 5.97 Å². The van der Waals surface area contributed by atoms with Gasteiger partial charge in [0.05, 0.1) is 6.42 Å². The van der Waals surface area contributed by atoms with Crippen LogP contribution in [0.25, 0.3) is 0 Å². The van der Waals surface area contributed by atoms with Gasteiger partial charge in [-0.3, -0.25) is 4.79 Å². The summed E-state index contributed by atoms with van der Waals surface area (Å²) in [4.78, 5) is 10.4. The van der Waals surface area contributed by atoms with Crippen molar-refractivity contribution in [1.82, 2.24) is 5.32 Å². The van der Waals surface area contributed by atoms with Crippen LogP contribution in [0.4, 0.5) is 8.78 Å². The first-order valence-electron chi connectivity index (χ1n) is 4.88. The van der Waals surface area contributed by atoms with Gasteiger partial charge in [0, 0.05) is 24.2 Å². The van der Waals surface area contributed by atoms with Crippen LogP contribution < -0.4 is 5.32 Å². The smallest absolute Gasteiger partial charge is 0.304 e. The van der Waals surface area contributed by atoms with E-state index in [9.17, 15) is 13.6 Å². The molecule has 2 N–H and O–H groups in total. The predicted molar refractivity (Wildman–Crippen MR) is 54.9 cm³/mol. The largest absolute Gasteiger partial charge is 0.481 e. The molecule has 1 aromatic rings. The minimum atomic E-state index is -0.917. The first-order chi connectivity index (χ1) is 7.49. The third-order valence-corrected chi connectivity index (χ3v) is 2.14. The van der Waals surface area contributed by atoms with Crippen molar-refractivity contribution in [2.75, 3.05) is 0 Å². The summed E-state index contributed by atoms with van der Waals surface area (Å²) in [6.45, 7) is 1.87. The number of rotatable bonds is 5. The van der Waals surface area contributed by atoms with Crippen LogP contribution in [0.3, 0.4) is 0 Å². The van der Waals surface area contributed by atoms with Crippen molar-refractivity contribution in [3.05, 3.63) is 35.4 Å². The van der Waals surface area contributed by atoms with Crippen LogP contribution in [0.15, 0.2) is 18.2 Å². The van der Waals surface area contributed by atoms with E-state index >= 15 is 0 Å². The van der Waals surface area contributed by atoms with Crippen molar-refractivity contribution in [1.29, 1.82) is 0 Å². The summed E-state index contributed by atoms with van der Waals surface area (Å²) in [5.74, 6) is -2.17. The molecule has 0 heterocycles. The van der Waals surface area contributed by atoms with Gasteiger partial charge in [0.2, 0.25) is 0 Å². The van der Waals surface area contributed by atoms with Crippen molar-refractivity contribution in [3.8, 4) is 0 Å². The lowest BCUT2D eigenvalue weighted by Crippen LogP contribution is -2.28. The van der Waals surface area contributed by atoms with Gasteiger partial charge in [-0.2, -0.15) is 0 Å². The van der Waals surface area contributed by atoms with Gasteiger partial charge in [-0.15, -0.1) is 0 Å². The number of carboxylic acids is 1. The molecule has 16 heavy (non-hydrogen) atoms. The van der Waals surface area contributed by atoms with Crippen LogP contribution in [-0.2, 0) is 11.3 Å². The lowest BCUT2D eigenvalue weighted by Gasteiger charge is -2.11. The highest BCUT2D eigenvalue weighted by atomic mass is 19.1. The molecule has 1 aromatic carbocycles. The standard InChI is InChI=1S/C11H13F2NO2/c1-7(4-11(15)16)14-6-8-2-3-9(12)5-10(8)13/h2-3,5,7,14H,4,6H2,1H3,(H,15,16). The lowest BCUT2D eigenvalue weighted by atomic mass is 10.2. The molecule has 0 aliphatic carbocycles. The monoisotopic (exact) mass is 229 g/mol. The normalized spacial score (nSPS) is 12.4. The summed E-state index contributed by atoms with van der Waals surface area (Å²) in [6.07, 6.45) is -0.0389. The van der Waals surface area contributed by atoms with E-state index in [2.05, 4.69) is 5.32 Å². The highest BCUT2D eigenvalue weighted by Crippen LogP contribution is 2.09. The number of benzene rings is 1. The van der Waals surface area contributed by atoms with Crippen molar-refractivity contribution in [2.24, 2.45) is 0 Å². The molecule has 0 amide bonds. The molecule has 0 radical (unpaired) electrons. The maximum absolute atomic E-state index is 13.2. The number of halogens is 2. The minimum absolute atomic E-state index is 0.0389. The van der Waals surface area contributed by atoms with Gasteiger partial charge < -0.3 is 10.4 Å². The SMILES string of the molecule is CC(CC(=O)O)NCc1ccc(F)cc1F. The third-order valence-electron chi connectivity index (χ3n) is 2.14. The Morgan fingerprint density at radius 1 is 1.50 bits per heavy atom. The second kappa shape index (κ2) is 5.55. The van der Waals surface area contributed by atoms with E-state index < -0.39 is 17.6 Å². The molecule has 0 aliphatic heterocycles. The summed E-state index contributed by atoms with van der Waals surface area (Å²) < 4.78 is 25.7. The van der Waals surface area contributed by atoms with Crippen LogP contribution >= 0.6 is 0 Å². The Bertz CT molecular complexity index is 382. The van der Waals surface area contributed by atoms with Crippen LogP contribution in [-0.4, -0.2) is 17.1 Å². The molecule has 88 valence electrons. The van der Waals surface area contributed by atoms with Crippen molar-refractivity contribution in [2.45, 2.75) is 25.9 Å². The van der Waals surface area contributed by atoms with E-state index in [4.69, 9.17) is 5.11 Å². The van der Waals surface area contributed by atoms with Gasteiger partial charge in [-0.05, 0) is 13.0 Å². The van der Waals surface area contributed by atoms with Crippen molar-refractivity contribution < 1.29 is 18.7 Å². The van der Waals surface area contributed by atoms with Gasteiger partial charge in [-0.25, -0.2) is 8.78 Å². The number of aliphatic carboxylic acids is 1. The predicted octanol–water partition coefficient (Wildman–Crippen LogP) is 1.92. The van der Waals surface area contributed by atoms with E-state index in [1.54, 1.807) is 6.92 Å². The molecule has 0 aliphatic rings. The fraction of sp³-hybridized carbons (Fsp3) is 0.364. The Morgan fingerprint density at radius 3 is 2.75 bits per heavy atom. The highest BCUT2D eigenvalue weighted by Gasteiger charge is 2.08. The van der Waals surface area contributed by atoms with Gasteiger partial charge in [0.15, 0.2) is 0 Å². The molecule has 5 heteroatoms. The molecule has 0 fully saturated rings. The molecule has 1 unspecified atom stereocenters. The molecule has 0 saturated carbocycles. The number of hydrogen-bond acceptors (Lipinski definition) is 2. The average molecular weight is 229 g/mol. The zero-order valence-electron chi connectivity index (χ0n) is 8.84. The van der Waals surface area contributed by atoms with Crippen molar-refractivity contribution in [3.63, 3.8) is 0 Å². The summed E-state index contributed by atoms with van der Waals surface area (Å²) in [5, 5.41) is 11.4. The van der Waals surface area contributed by atoms with E-state index in [-0.39, 0.29) is 19.0 Å². The molecule has 0 aromatic heterocycles. The first-order valence-corrected chi connectivity index (χ1v) is 4.88. The summed E-state index contributed by atoms with van der Waals surface area (Å²) in [5.41, 5.74) is 0.318. The molecule has 0 spiro atoms. The quantitative estimate of drug-likeness (QED) is 0.811. The maximum atomic E-state index is 13.2. The molecular formula is C11H13F2NO2. The molecule has 0 saturated heterocycles. The first kappa shape index (κ1) is 12.6.